The highest BCUT2D eigenvalue weighted by molar-refractivity contribution is 7.18. The number of carboxylic acid groups (broad SMARTS) is 4. The van der Waals surface area contributed by atoms with Gasteiger partial charge in [-0.2, -0.15) is 0 Å². The molecule has 0 atom stereocenters. The number of piperazine rings is 1. The van der Waals surface area contributed by atoms with Crippen molar-refractivity contribution in [1.29, 1.82) is 0 Å². The molecule has 1 aliphatic heterocycles. The van der Waals surface area contributed by atoms with Gasteiger partial charge in [-0.15, -0.1) is 11.3 Å². The molecule has 5 N–H and O–H groups in total. The van der Waals surface area contributed by atoms with Crippen molar-refractivity contribution in [2.45, 2.75) is 20.3 Å². The molecule has 1 aliphatic rings. The summed E-state index contributed by atoms with van der Waals surface area (Å²) in [6, 6.07) is 0. The van der Waals surface area contributed by atoms with Crippen molar-refractivity contribution in [1.82, 2.24) is 9.80 Å². The van der Waals surface area contributed by atoms with Crippen LogP contribution < -0.4 is 5.32 Å². The summed E-state index contributed by atoms with van der Waals surface area (Å²) in [6.45, 7) is 9.40. The minimum absolute atomic E-state index is 0.198. The molecular formula is C22H31N3O13S. The maximum Gasteiger partial charge on any atom is 0.414 e. The molecule has 0 bridgehead atoms. The minimum atomic E-state index is -1.82. The number of carbonyl (C=O) groups is 7. The number of thiophene rings is 1. The number of nitrogens with one attached hydrogen (secondary N) is 1. The Morgan fingerprint density at radius 2 is 1.23 bits per heavy atom. The molecule has 17 heteroatoms. The second-order valence-corrected chi connectivity index (χ2v) is 8.56. The van der Waals surface area contributed by atoms with E-state index in [-0.39, 0.29) is 16.3 Å². The number of aliphatic carboxylic acids is 4. The molecule has 39 heavy (non-hydrogen) atoms. The molecule has 16 nitrogen and oxygen atoms in total. The Balaban J connectivity index is 0.00000100. The van der Waals surface area contributed by atoms with E-state index in [2.05, 4.69) is 22.0 Å². The van der Waals surface area contributed by atoms with Crippen LogP contribution in [0.15, 0.2) is 0 Å². The Kier molecular flexibility index (Phi) is 15.6. The SMILES string of the molecule is CCN1CCN(CCC(=O)Nc2sc(C(=O)OC)c(C)c2C(=O)OC)CC1.O=C(O)C(=O)O.O=C(O)C(=O)O. The summed E-state index contributed by atoms with van der Waals surface area (Å²) in [5.74, 6) is -8.63. The average Bonchev–Trinajstić information content (AvgIpc) is 3.22. The van der Waals surface area contributed by atoms with E-state index in [9.17, 15) is 14.4 Å². The molecule has 218 valence electrons. The number of methoxy groups -OCH3 is 2. The van der Waals surface area contributed by atoms with Gasteiger partial charge >= 0.3 is 35.8 Å². The summed E-state index contributed by atoms with van der Waals surface area (Å²) < 4.78 is 9.54. The van der Waals surface area contributed by atoms with E-state index < -0.39 is 35.8 Å². The lowest BCUT2D eigenvalue weighted by Crippen LogP contribution is -2.46. The van der Waals surface area contributed by atoms with Gasteiger partial charge in [0.25, 0.3) is 0 Å². The third-order valence-corrected chi connectivity index (χ3v) is 6.28. The number of rotatable bonds is 7. The number of carboxylic acids is 4. The van der Waals surface area contributed by atoms with E-state index in [1.54, 1.807) is 6.92 Å². The summed E-state index contributed by atoms with van der Waals surface area (Å²) >= 11 is 1.03. The second kappa shape index (κ2) is 17.4. The van der Waals surface area contributed by atoms with Gasteiger partial charge in [-0.25, -0.2) is 28.8 Å². The van der Waals surface area contributed by atoms with Gasteiger partial charge in [0.2, 0.25) is 5.91 Å². The maximum atomic E-state index is 12.4. The summed E-state index contributed by atoms with van der Waals surface area (Å²) in [7, 11) is 2.54. The maximum absolute atomic E-state index is 12.4. The Morgan fingerprint density at radius 1 is 0.795 bits per heavy atom. The fraction of sp³-hybridized carbons (Fsp3) is 0.500. The molecule has 1 aromatic rings. The molecule has 2 rings (SSSR count). The molecule has 0 unspecified atom stereocenters. The number of amides is 1. The lowest BCUT2D eigenvalue weighted by atomic mass is 10.1. The molecule has 1 saturated heterocycles. The van der Waals surface area contributed by atoms with Gasteiger partial charge in [-0.05, 0) is 19.0 Å². The smallest absolute Gasteiger partial charge is 0.414 e. The summed E-state index contributed by atoms with van der Waals surface area (Å²) in [6.07, 6.45) is 0.317. The van der Waals surface area contributed by atoms with E-state index in [1.165, 1.54) is 14.2 Å². The van der Waals surface area contributed by atoms with Crippen molar-refractivity contribution in [3.8, 4) is 0 Å². The third kappa shape index (κ3) is 12.3. The molecule has 0 saturated carbocycles. The van der Waals surface area contributed by atoms with Crippen LogP contribution in [0.1, 0.15) is 38.9 Å². The van der Waals surface area contributed by atoms with Crippen LogP contribution in [0.4, 0.5) is 5.00 Å². The third-order valence-electron chi connectivity index (χ3n) is 5.09. The zero-order valence-electron chi connectivity index (χ0n) is 21.7. The molecule has 0 aliphatic carbocycles. The van der Waals surface area contributed by atoms with Crippen molar-refractivity contribution in [3.63, 3.8) is 0 Å². The van der Waals surface area contributed by atoms with Gasteiger partial charge in [0, 0.05) is 39.1 Å². The van der Waals surface area contributed by atoms with Crippen LogP contribution in [0.25, 0.3) is 0 Å². The van der Waals surface area contributed by atoms with Crippen LogP contribution in [-0.4, -0.2) is 125 Å². The first-order valence-electron chi connectivity index (χ1n) is 11.2. The normalized spacial score (nSPS) is 12.9. The summed E-state index contributed by atoms with van der Waals surface area (Å²) in [4.78, 5) is 77.7. The number of likely N-dealkylation sites (N-methyl/N-ethyl adjacent to an activating group) is 1. The molecule has 0 spiro atoms. The zero-order chi connectivity index (χ0) is 30.3. The first kappa shape index (κ1) is 34.9. The van der Waals surface area contributed by atoms with Crippen LogP contribution in [0, 0.1) is 6.92 Å². The number of carbonyl (C=O) groups excluding carboxylic acids is 3. The number of hydrogen-bond acceptors (Lipinski definition) is 12. The van der Waals surface area contributed by atoms with Gasteiger partial charge in [0.05, 0.1) is 19.8 Å². The Hall–Kier alpha value is -4.09. The van der Waals surface area contributed by atoms with Crippen LogP contribution in [-0.2, 0) is 33.4 Å². The lowest BCUT2D eigenvalue weighted by molar-refractivity contribution is -0.159. The van der Waals surface area contributed by atoms with Crippen LogP contribution in [0.3, 0.4) is 0 Å². The lowest BCUT2D eigenvalue weighted by Gasteiger charge is -2.33. The first-order chi connectivity index (χ1) is 18.2. The van der Waals surface area contributed by atoms with Crippen LogP contribution >= 0.6 is 11.3 Å². The van der Waals surface area contributed by atoms with Crippen molar-refractivity contribution in [2.75, 3.05) is 58.8 Å². The number of esters is 2. The van der Waals surface area contributed by atoms with E-state index in [0.717, 1.165) is 44.1 Å². The van der Waals surface area contributed by atoms with E-state index in [4.69, 9.17) is 49.1 Å². The summed E-state index contributed by atoms with van der Waals surface area (Å²) in [5.41, 5.74) is 0.650. The van der Waals surface area contributed by atoms with E-state index in [0.29, 0.717) is 23.5 Å². The second-order valence-electron chi connectivity index (χ2n) is 7.54. The molecule has 0 radical (unpaired) electrons. The minimum Gasteiger partial charge on any atom is -0.473 e. The highest BCUT2D eigenvalue weighted by Gasteiger charge is 2.27. The van der Waals surface area contributed by atoms with Gasteiger partial charge in [0.15, 0.2) is 0 Å². The van der Waals surface area contributed by atoms with Gasteiger partial charge in [-0.1, -0.05) is 6.92 Å². The number of nitrogens with zero attached hydrogens (tertiary/aromatic N) is 2. The molecule has 0 aromatic carbocycles. The van der Waals surface area contributed by atoms with Crippen molar-refractivity contribution >= 4 is 58.1 Å². The van der Waals surface area contributed by atoms with Gasteiger partial charge in [0.1, 0.15) is 9.88 Å². The largest absolute Gasteiger partial charge is 0.473 e. The Bertz CT molecular complexity index is 1010. The monoisotopic (exact) mass is 577 g/mol. The Morgan fingerprint density at radius 3 is 1.62 bits per heavy atom. The predicted molar refractivity (Wildman–Crippen MR) is 134 cm³/mol. The highest BCUT2D eigenvalue weighted by atomic mass is 32.1. The van der Waals surface area contributed by atoms with E-state index in [1.807, 2.05) is 0 Å². The van der Waals surface area contributed by atoms with Crippen LogP contribution in [0.2, 0.25) is 0 Å². The molecular weight excluding hydrogens is 546 g/mol. The molecule has 1 fully saturated rings. The van der Waals surface area contributed by atoms with E-state index >= 15 is 0 Å². The van der Waals surface area contributed by atoms with Crippen molar-refractivity contribution in [2.24, 2.45) is 0 Å². The number of anilines is 1. The fourth-order valence-electron chi connectivity index (χ4n) is 3.01. The van der Waals surface area contributed by atoms with Crippen molar-refractivity contribution < 1.29 is 63.5 Å². The Labute approximate surface area is 226 Å². The molecule has 2 heterocycles. The van der Waals surface area contributed by atoms with Gasteiger partial charge in [-0.3, -0.25) is 4.79 Å². The quantitative estimate of drug-likeness (QED) is 0.210. The van der Waals surface area contributed by atoms with Crippen molar-refractivity contribution in [3.05, 3.63) is 16.0 Å². The van der Waals surface area contributed by atoms with Gasteiger partial charge < -0.3 is 45.0 Å². The zero-order valence-corrected chi connectivity index (χ0v) is 22.5. The number of hydrogen-bond donors (Lipinski definition) is 5. The van der Waals surface area contributed by atoms with Crippen LogP contribution in [0.5, 0.6) is 0 Å². The average molecular weight is 578 g/mol. The highest BCUT2D eigenvalue weighted by Crippen LogP contribution is 2.34. The first-order valence-corrected chi connectivity index (χ1v) is 12.0. The fourth-order valence-corrected chi connectivity index (χ4v) is 4.14. The number of ether oxygens (including phenoxy) is 2. The standard InChI is InChI=1S/C18H27N3O5S.2C2H2O4/c1-5-20-8-10-21(11-9-20)7-6-13(22)19-16-14(17(23)25-3)12(2)15(27-16)18(24)26-4;2*3-1(4)2(5)6/h5-11H2,1-4H3,(H,19,22);2*(H,3,4)(H,5,6). The molecule has 1 amide bonds. The molecule has 1 aromatic heterocycles. The summed E-state index contributed by atoms with van der Waals surface area (Å²) in [5, 5.41) is 32.6. The predicted octanol–water partition coefficient (Wildman–Crippen LogP) is -0.0930. The topological polar surface area (TPSA) is 237 Å².